The van der Waals surface area contributed by atoms with Gasteiger partial charge in [0.05, 0.1) is 5.92 Å². The lowest BCUT2D eigenvalue weighted by Gasteiger charge is -2.13. The number of carboxylic acids is 1. The SMILES string of the molecule is CSCCN1CC(C)C(C(=O)O)C1. The number of hydrogen-bond donors (Lipinski definition) is 1. The molecule has 1 aliphatic rings. The zero-order chi connectivity index (χ0) is 9.84. The van der Waals surface area contributed by atoms with E-state index < -0.39 is 5.97 Å². The highest BCUT2D eigenvalue weighted by Gasteiger charge is 2.33. The number of thioether (sulfide) groups is 1. The Hall–Kier alpha value is -0.220. The van der Waals surface area contributed by atoms with Gasteiger partial charge >= 0.3 is 5.97 Å². The van der Waals surface area contributed by atoms with E-state index in [0.29, 0.717) is 5.92 Å². The highest BCUT2D eigenvalue weighted by molar-refractivity contribution is 7.98. The molecule has 1 rings (SSSR count). The predicted molar refractivity (Wildman–Crippen MR) is 55.1 cm³/mol. The standard InChI is InChI=1S/C9H17NO2S/c1-7-5-10(3-4-13-2)6-8(7)9(11)12/h7-8H,3-6H2,1-2H3,(H,11,12). The molecule has 1 N–H and O–H groups in total. The van der Waals surface area contributed by atoms with E-state index in [0.717, 1.165) is 25.4 Å². The maximum absolute atomic E-state index is 10.8. The summed E-state index contributed by atoms with van der Waals surface area (Å²) in [5, 5.41) is 8.89. The van der Waals surface area contributed by atoms with Gasteiger partial charge in [-0.2, -0.15) is 11.8 Å². The highest BCUT2D eigenvalue weighted by atomic mass is 32.2. The van der Waals surface area contributed by atoms with Crippen LogP contribution in [-0.2, 0) is 4.79 Å². The molecule has 4 heteroatoms. The molecule has 0 bridgehead atoms. The van der Waals surface area contributed by atoms with Crippen LogP contribution in [0, 0.1) is 11.8 Å². The molecule has 0 radical (unpaired) electrons. The number of carbonyl (C=O) groups is 1. The fourth-order valence-electron chi connectivity index (χ4n) is 1.79. The van der Waals surface area contributed by atoms with Crippen molar-refractivity contribution in [3.8, 4) is 0 Å². The van der Waals surface area contributed by atoms with Gasteiger partial charge in [-0.25, -0.2) is 0 Å². The van der Waals surface area contributed by atoms with E-state index in [1.807, 2.05) is 18.7 Å². The van der Waals surface area contributed by atoms with E-state index in [1.54, 1.807) is 0 Å². The van der Waals surface area contributed by atoms with Gasteiger partial charge in [-0.15, -0.1) is 0 Å². The van der Waals surface area contributed by atoms with Crippen LogP contribution in [0.25, 0.3) is 0 Å². The first-order valence-electron chi connectivity index (χ1n) is 4.59. The van der Waals surface area contributed by atoms with Crippen molar-refractivity contribution in [1.82, 2.24) is 4.90 Å². The van der Waals surface area contributed by atoms with Crippen molar-refractivity contribution in [3.63, 3.8) is 0 Å². The summed E-state index contributed by atoms with van der Waals surface area (Å²) in [6.45, 7) is 4.72. The molecule has 0 amide bonds. The molecule has 13 heavy (non-hydrogen) atoms. The fourth-order valence-corrected chi connectivity index (χ4v) is 2.23. The van der Waals surface area contributed by atoms with E-state index >= 15 is 0 Å². The van der Waals surface area contributed by atoms with Crippen molar-refractivity contribution in [2.45, 2.75) is 6.92 Å². The van der Waals surface area contributed by atoms with Gasteiger partial charge in [-0.1, -0.05) is 6.92 Å². The maximum atomic E-state index is 10.8. The van der Waals surface area contributed by atoms with Crippen LogP contribution in [0.4, 0.5) is 0 Å². The Balaban J connectivity index is 2.36. The van der Waals surface area contributed by atoms with E-state index in [-0.39, 0.29) is 5.92 Å². The van der Waals surface area contributed by atoms with Gasteiger partial charge in [0.25, 0.3) is 0 Å². The van der Waals surface area contributed by atoms with Crippen molar-refractivity contribution in [3.05, 3.63) is 0 Å². The Morgan fingerprint density at radius 3 is 2.77 bits per heavy atom. The first-order chi connectivity index (χ1) is 6.15. The zero-order valence-corrected chi connectivity index (χ0v) is 9.01. The molecule has 0 aromatic rings. The van der Waals surface area contributed by atoms with Gasteiger partial charge in [0, 0.05) is 25.4 Å². The van der Waals surface area contributed by atoms with Crippen molar-refractivity contribution < 1.29 is 9.90 Å². The normalized spacial score (nSPS) is 29.4. The number of carboxylic acid groups (broad SMARTS) is 1. The second kappa shape index (κ2) is 4.86. The van der Waals surface area contributed by atoms with E-state index in [2.05, 4.69) is 11.2 Å². The Bertz CT molecular complexity index is 186. The van der Waals surface area contributed by atoms with Crippen LogP contribution < -0.4 is 0 Å². The third kappa shape index (κ3) is 2.88. The maximum Gasteiger partial charge on any atom is 0.308 e. The van der Waals surface area contributed by atoms with Gasteiger partial charge in [0.15, 0.2) is 0 Å². The lowest BCUT2D eigenvalue weighted by Crippen LogP contribution is -2.25. The second-order valence-corrected chi connectivity index (χ2v) is 4.66. The average Bonchev–Trinajstić information content (AvgIpc) is 2.43. The lowest BCUT2D eigenvalue weighted by molar-refractivity contribution is -0.142. The summed E-state index contributed by atoms with van der Waals surface area (Å²) in [5.74, 6) is 0.611. The average molecular weight is 203 g/mol. The number of likely N-dealkylation sites (tertiary alicyclic amines) is 1. The molecule has 0 aliphatic carbocycles. The summed E-state index contributed by atoms with van der Waals surface area (Å²) in [5.41, 5.74) is 0. The minimum Gasteiger partial charge on any atom is -0.481 e. The summed E-state index contributed by atoms with van der Waals surface area (Å²) >= 11 is 1.81. The van der Waals surface area contributed by atoms with E-state index in [4.69, 9.17) is 5.11 Å². The molecular formula is C9H17NO2S. The molecule has 76 valence electrons. The number of hydrogen-bond acceptors (Lipinski definition) is 3. The van der Waals surface area contributed by atoms with Crippen molar-refractivity contribution in [2.75, 3.05) is 31.6 Å². The van der Waals surface area contributed by atoms with Crippen LogP contribution in [0.2, 0.25) is 0 Å². The summed E-state index contributed by atoms with van der Waals surface area (Å²) < 4.78 is 0. The third-order valence-corrected chi connectivity index (χ3v) is 3.21. The van der Waals surface area contributed by atoms with Crippen LogP contribution in [0.15, 0.2) is 0 Å². The fraction of sp³-hybridized carbons (Fsp3) is 0.889. The third-order valence-electron chi connectivity index (χ3n) is 2.62. The Kier molecular flexibility index (Phi) is 4.06. The molecule has 0 saturated carbocycles. The highest BCUT2D eigenvalue weighted by Crippen LogP contribution is 2.22. The van der Waals surface area contributed by atoms with Crippen LogP contribution >= 0.6 is 11.8 Å². The van der Waals surface area contributed by atoms with Crippen LogP contribution in [0.1, 0.15) is 6.92 Å². The van der Waals surface area contributed by atoms with Gasteiger partial charge in [0.2, 0.25) is 0 Å². The quantitative estimate of drug-likeness (QED) is 0.740. The molecule has 1 heterocycles. The van der Waals surface area contributed by atoms with E-state index in [9.17, 15) is 4.79 Å². The van der Waals surface area contributed by atoms with Crippen molar-refractivity contribution in [1.29, 1.82) is 0 Å². The van der Waals surface area contributed by atoms with Gasteiger partial charge in [0.1, 0.15) is 0 Å². The second-order valence-electron chi connectivity index (χ2n) is 3.67. The van der Waals surface area contributed by atoms with Crippen molar-refractivity contribution in [2.24, 2.45) is 11.8 Å². The largest absolute Gasteiger partial charge is 0.481 e. The predicted octanol–water partition coefficient (Wildman–Crippen LogP) is 1.00. The van der Waals surface area contributed by atoms with E-state index in [1.165, 1.54) is 0 Å². The van der Waals surface area contributed by atoms with Gasteiger partial charge in [-0.3, -0.25) is 4.79 Å². The first kappa shape index (κ1) is 10.9. The molecule has 1 aliphatic heterocycles. The molecule has 0 aromatic carbocycles. The summed E-state index contributed by atoms with van der Waals surface area (Å²) in [6.07, 6.45) is 2.08. The van der Waals surface area contributed by atoms with Crippen LogP contribution in [0.5, 0.6) is 0 Å². The minimum absolute atomic E-state index is 0.151. The monoisotopic (exact) mass is 203 g/mol. The number of nitrogens with zero attached hydrogens (tertiary/aromatic N) is 1. The Morgan fingerprint density at radius 2 is 2.31 bits per heavy atom. The summed E-state index contributed by atoms with van der Waals surface area (Å²) in [7, 11) is 0. The molecule has 2 unspecified atom stereocenters. The van der Waals surface area contributed by atoms with Gasteiger partial charge in [-0.05, 0) is 12.2 Å². The van der Waals surface area contributed by atoms with Crippen LogP contribution in [-0.4, -0.2) is 47.6 Å². The smallest absolute Gasteiger partial charge is 0.308 e. The summed E-state index contributed by atoms with van der Waals surface area (Å²) in [6, 6.07) is 0. The minimum atomic E-state index is -0.640. The molecule has 2 atom stereocenters. The number of rotatable bonds is 4. The topological polar surface area (TPSA) is 40.5 Å². The molecule has 3 nitrogen and oxygen atoms in total. The van der Waals surface area contributed by atoms with Crippen LogP contribution in [0.3, 0.4) is 0 Å². The Morgan fingerprint density at radius 1 is 1.62 bits per heavy atom. The molecule has 1 fully saturated rings. The molecule has 0 spiro atoms. The zero-order valence-electron chi connectivity index (χ0n) is 8.19. The molecule has 1 saturated heterocycles. The number of aliphatic carboxylic acids is 1. The Labute approximate surface area is 83.5 Å². The summed E-state index contributed by atoms with van der Waals surface area (Å²) in [4.78, 5) is 13.0. The molecule has 0 aromatic heterocycles. The van der Waals surface area contributed by atoms with Gasteiger partial charge < -0.3 is 10.0 Å². The first-order valence-corrected chi connectivity index (χ1v) is 5.98. The van der Waals surface area contributed by atoms with Crippen molar-refractivity contribution >= 4 is 17.7 Å². The molecular weight excluding hydrogens is 186 g/mol. The lowest BCUT2D eigenvalue weighted by atomic mass is 9.99.